The van der Waals surface area contributed by atoms with E-state index in [1.54, 1.807) is 6.07 Å². The lowest BCUT2D eigenvalue weighted by Gasteiger charge is -2.03. The highest BCUT2D eigenvalue weighted by Gasteiger charge is 2.13. The molecule has 0 aliphatic rings. The van der Waals surface area contributed by atoms with Gasteiger partial charge in [0, 0.05) is 11.3 Å². The fraction of sp³-hybridized carbons (Fsp3) is 0. The molecule has 0 unspecified atom stereocenters. The van der Waals surface area contributed by atoms with Gasteiger partial charge in [-0.05, 0) is 41.1 Å². The first-order valence-electron chi connectivity index (χ1n) is 7.81. The number of benzene rings is 3. The van der Waals surface area contributed by atoms with Crippen molar-refractivity contribution in [3.8, 4) is 11.3 Å². The Morgan fingerprint density at radius 2 is 1.72 bits per heavy atom. The number of aromatic nitrogens is 2. The lowest BCUT2D eigenvalue weighted by Crippen LogP contribution is -2.12. The molecule has 2 N–H and O–H groups in total. The molecule has 122 valence electrons. The second-order valence-corrected chi connectivity index (χ2v) is 5.65. The van der Waals surface area contributed by atoms with Crippen molar-refractivity contribution in [1.29, 1.82) is 0 Å². The standard InChI is InChI=1S/C20H14FN3O/c21-14-8-10-15(11-9-14)22-20(25)19-12-18(23-24-19)17-7-3-5-13-4-1-2-6-16(13)17/h1-12H,(H,22,25)(H,23,24). The fourth-order valence-electron chi connectivity index (χ4n) is 2.76. The second-order valence-electron chi connectivity index (χ2n) is 5.65. The van der Waals surface area contributed by atoms with E-state index in [0.29, 0.717) is 17.1 Å². The van der Waals surface area contributed by atoms with Gasteiger partial charge in [-0.3, -0.25) is 9.89 Å². The normalized spacial score (nSPS) is 10.8. The third-order valence-electron chi connectivity index (χ3n) is 3.99. The molecule has 0 aliphatic heterocycles. The van der Waals surface area contributed by atoms with Crippen LogP contribution in [0.2, 0.25) is 0 Å². The van der Waals surface area contributed by atoms with Crippen molar-refractivity contribution in [2.75, 3.05) is 5.32 Å². The molecule has 25 heavy (non-hydrogen) atoms. The van der Waals surface area contributed by atoms with Crippen LogP contribution in [0.5, 0.6) is 0 Å². The van der Waals surface area contributed by atoms with Gasteiger partial charge < -0.3 is 5.32 Å². The fourth-order valence-corrected chi connectivity index (χ4v) is 2.76. The molecule has 3 aromatic carbocycles. The largest absolute Gasteiger partial charge is 0.321 e. The summed E-state index contributed by atoms with van der Waals surface area (Å²) in [5.74, 6) is -0.677. The molecule has 1 amide bonds. The van der Waals surface area contributed by atoms with Crippen LogP contribution in [0.4, 0.5) is 10.1 Å². The number of hydrogen-bond donors (Lipinski definition) is 2. The Morgan fingerprint density at radius 3 is 2.56 bits per heavy atom. The summed E-state index contributed by atoms with van der Waals surface area (Å²) in [4.78, 5) is 12.3. The molecule has 0 saturated heterocycles. The molecule has 0 spiro atoms. The highest BCUT2D eigenvalue weighted by molar-refractivity contribution is 6.04. The van der Waals surface area contributed by atoms with Crippen molar-refractivity contribution in [3.63, 3.8) is 0 Å². The van der Waals surface area contributed by atoms with Crippen LogP contribution < -0.4 is 5.32 Å². The van der Waals surface area contributed by atoms with Crippen LogP contribution in [-0.4, -0.2) is 16.1 Å². The molecule has 4 nitrogen and oxygen atoms in total. The van der Waals surface area contributed by atoms with Crippen LogP contribution in [0.1, 0.15) is 10.5 Å². The third kappa shape index (κ3) is 2.99. The van der Waals surface area contributed by atoms with Gasteiger partial charge in [0.05, 0.1) is 5.69 Å². The average Bonchev–Trinajstić information content (AvgIpc) is 3.13. The molecular formula is C20H14FN3O. The number of aromatic amines is 1. The predicted octanol–water partition coefficient (Wildman–Crippen LogP) is 4.62. The molecule has 1 aromatic heterocycles. The Bertz CT molecular complexity index is 1050. The molecule has 0 aliphatic carbocycles. The van der Waals surface area contributed by atoms with Crippen molar-refractivity contribution < 1.29 is 9.18 Å². The van der Waals surface area contributed by atoms with Gasteiger partial charge in [-0.25, -0.2) is 4.39 Å². The number of nitrogens with zero attached hydrogens (tertiary/aromatic N) is 1. The number of carbonyl (C=O) groups is 1. The Labute approximate surface area is 143 Å². The molecular weight excluding hydrogens is 317 g/mol. The number of amides is 1. The van der Waals surface area contributed by atoms with E-state index in [9.17, 15) is 9.18 Å². The van der Waals surface area contributed by atoms with Crippen molar-refractivity contribution in [2.24, 2.45) is 0 Å². The predicted molar refractivity (Wildman–Crippen MR) is 95.9 cm³/mol. The van der Waals surface area contributed by atoms with Crippen molar-refractivity contribution in [2.45, 2.75) is 0 Å². The summed E-state index contributed by atoms with van der Waals surface area (Å²) in [6.07, 6.45) is 0. The lowest BCUT2D eigenvalue weighted by molar-refractivity contribution is 0.102. The summed E-state index contributed by atoms with van der Waals surface area (Å²) in [7, 11) is 0. The number of carbonyl (C=O) groups excluding carboxylic acids is 1. The van der Waals surface area contributed by atoms with E-state index in [0.717, 1.165) is 16.3 Å². The Morgan fingerprint density at radius 1 is 0.960 bits per heavy atom. The van der Waals surface area contributed by atoms with Gasteiger partial charge in [0.15, 0.2) is 0 Å². The van der Waals surface area contributed by atoms with Gasteiger partial charge in [-0.1, -0.05) is 42.5 Å². The summed E-state index contributed by atoms with van der Waals surface area (Å²) >= 11 is 0. The highest BCUT2D eigenvalue weighted by atomic mass is 19.1. The quantitative estimate of drug-likeness (QED) is 0.575. The van der Waals surface area contributed by atoms with Crippen LogP contribution in [0, 0.1) is 5.82 Å². The zero-order valence-electron chi connectivity index (χ0n) is 13.2. The molecule has 4 rings (SSSR count). The van der Waals surface area contributed by atoms with Gasteiger partial charge in [-0.2, -0.15) is 5.10 Å². The average molecular weight is 331 g/mol. The molecule has 0 fully saturated rings. The maximum Gasteiger partial charge on any atom is 0.273 e. The maximum absolute atomic E-state index is 12.9. The van der Waals surface area contributed by atoms with Crippen LogP contribution in [-0.2, 0) is 0 Å². The summed E-state index contributed by atoms with van der Waals surface area (Å²) in [5, 5.41) is 11.9. The molecule has 0 bridgehead atoms. The molecule has 0 atom stereocenters. The zero-order valence-corrected chi connectivity index (χ0v) is 13.2. The minimum absolute atomic E-state index is 0.328. The minimum Gasteiger partial charge on any atom is -0.321 e. The van der Waals surface area contributed by atoms with E-state index < -0.39 is 0 Å². The minimum atomic E-state index is -0.349. The number of rotatable bonds is 3. The van der Waals surface area contributed by atoms with E-state index in [-0.39, 0.29) is 11.7 Å². The Balaban J connectivity index is 1.63. The number of fused-ring (bicyclic) bond motifs is 1. The summed E-state index contributed by atoms with van der Waals surface area (Å²) in [5.41, 5.74) is 2.51. The van der Waals surface area contributed by atoms with E-state index in [1.807, 2.05) is 42.5 Å². The number of H-pyrrole nitrogens is 1. The molecule has 1 heterocycles. The number of halogens is 1. The zero-order chi connectivity index (χ0) is 17.2. The summed E-state index contributed by atoms with van der Waals surface area (Å²) < 4.78 is 12.9. The van der Waals surface area contributed by atoms with Gasteiger partial charge in [0.25, 0.3) is 5.91 Å². The molecule has 5 heteroatoms. The van der Waals surface area contributed by atoms with E-state index in [2.05, 4.69) is 15.5 Å². The summed E-state index contributed by atoms with van der Waals surface area (Å²) in [6.45, 7) is 0. The first-order valence-corrected chi connectivity index (χ1v) is 7.81. The summed E-state index contributed by atoms with van der Waals surface area (Å²) in [6, 6.07) is 21.3. The van der Waals surface area contributed by atoms with Crippen LogP contribution in [0.3, 0.4) is 0 Å². The van der Waals surface area contributed by atoms with E-state index in [1.165, 1.54) is 24.3 Å². The van der Waals surface area contributed by atoms with Gasteiger partial charge in [0.2, 0.25) is 0 Å². The number of nitrogens with one attached hydrogen (secondary N) is 2. The first-order chi connectivity index (χ1) is 12.2. The SMILES string of the molecule is O=C(Nc1ccc(F)cc1)c1cc(-c2cccc3ccccc23)n[nH]1. The van der Waals surface area contributed by atoms with Crippen LogP contribution >= 0.6 is 0 Å². The Kier molecular flexibility index (Phi) is 3.74. The Hall–Kier alpha value is -3.47. The lowest BCUT2D eigenvalue weighted by atomic mass is 10.0. The van der Waals surface area contributed by atoms with Crippen LogP contribution in [0.15, 0.2) is 72.8 Å². The number of hydrogen-bond acceptors (Lipinski definition) is 2. The van der Waals surface area contributed by atoms with Crippen molar-refractivity contribution in [3.05, 3.63) is 84.3 Å². The van der Waals surface area contributed by atoms with Gasteiger partial charge >= 0.3 is 0 Å². The maximum atomic E-state index is 12.9. The molecule has 0 radical (unpaired) electrons. The molecule has 4 aromatic rings. The van der Waals surface area contributed by atoms with Crippen LogP contribution in [0.25, 0.3) is 22.0 Å². The van der Waals surface area contributed by atoms with Crippen molar-refractivity contribution >= 4 is 22.4 Å². The molecule has 0 saturated carbocycles. The van der Waals surface area contributed by atoms with E-state index in [4.69, 9.17) is 0 Å². The topological polar surface area (TPSA) is 57.8 Å². The first kappa shape index (κ1) is 15.1. The smallest absolute Gasteiger partial charge is 0.273 e. The van der Waals surface area contributed by atoms with Gasteiger partial charge in [0.1, 0.15) is 11.5 Å². The van der Waals surface area contributed by atoms with Crippen molar-refractivity contribution in [1.82, 2.24) is 10.2 Å². The third-order valence-corrected chi connectivity index (χ3v) is 3.99. The second kappa shape index (κ2) is 6.20. The van der Waals surface area contributed by atoms with Gasteiger partial charge in [-0.15, -0.1) is 0 Å². The highest BCUT2D eigenvalue weighted by Crippen LogP contribution is 2.27. The van der Waals surface area contributed by atoms with E-state index >= 15 is 0 Å². The monoisotopic (exact) mass is 331 g/mol. The number of anilines is 1.